The molecule has 2 bridgehead atoms. The smallest absolute Gasteiger partial charge is 0.239 e. The number of carbonyl (C=O) groups excluding carboxylic acids is 3. The zero-order valence-electron chi connectivity index (χ0n) is 25.4. The molecule has 4 nitrogen and oxygen atoms in total. The lowest BCUT2D eigenvalue weighted by Gasteiger charge is -2.39. The normalized spacial score (nSPS) is 25.0. The van der Waals surface area contributed by atoms with E-state index in [1.807, 2.05) is 111 Å². The number of halogens is 1. The summed E-state index contributed by atoms with van der Waals surface area (Å²) in [5, 5.41) is 0. The van der Waals surface area contributed by atoms with Crippen LogP contribution >= 0.6 is 15.9 Å². The minimum absolute atomic E-state index is 0.117. The average molecular weight is 665 g/mol. The van der Waals surface area contributed by atoms with Crippen LogP contribution in [-0.4, -0.2) is 17.6 Å². The van der Waals surface area contributed by atoms with Gasteiger partial charge in [0, 0.05) is 4.47 Å². The fourth-order valence-corrected chi connectivity index (χ4v) is 8.82. The largest absolute Gasteiger partial charge is 0.297 e. The molecule has 0 spiro atoms. The number of amides is 2. The molecule has 46 heavy (non-hydrogen) atoms. The van der Waals surface area contributed by atoms with Crippen LogP contribution in [0.25, 0.3) is 11.1 Å². The van der Waals surface area contributed by atoms with Crippen LogP contribution in [0.15, 0.2) is 138 Å². The highest BCUT2D eigenvalue weighted by Crippen LogP contribution is 2.74. The summed E-state index contributed by atoms with van der Waals surface area (Å²) in [5.74, 6) is -2.71. The van der Waals surface area contributed by atoms with Gasteiger partial charge in [0.2, 0.25) is 11.8 Å². The number of imide groups is 1. The number of anilines is 1. The Balaban J connectivity index is 1.56. The summed E-state index contributed by atoms with van der Waals surface area (Å²) in [6.45, 7) is 4.07. The number of allylic oxidation sites excluding steroid dienone is 2. The predicted octanol–water partition coefficient (Wildman–Crippen LogP) is 8.25. The van der Waals surface area contributed by atoms with Crippen LogP contribution in [-0.2, 0) is 25.2 Å². The van der Waals surface area contributed by atoms with Gasteiger partial charge in [-0.1, -0.05) is 142 Å². The number of hydrogen-bond donors (Lipinski definition) is 0. The Hall–Kier alpha value is -4.87. The summed E-state index contributed by atoms with van der Waals surface area (Å²) in [5.41, 5.74) is 4.64. The first-order chi connectivity index (χ1) is 22.3. The van der Waals surface area contributed by atoms with Gasteiger partial charge in [0.05, 0.1) is 28.4 Å². The Morgan fingerprint density at radius 2 is 0.978 bits per heavy atom. The highest BCUT2D eigenvalue weighted by atomic mass is 79.9. The molecule has 5 aromatic carbocycles. The molecule has 2 amide bonds. The zero-order chi connectivity index (χ0) is 31.8. The molecule has 1 saturated carbocycles. The van der Waals surface area contributed by atoms with E-state index in [9.17, 15) is 0 Å². The molecule has 3 aliphatic rings. The van der Waals surface area contributed by atoms with Crippen molar-refractivity contribution in [2.75, 3.05) is 4.90 Å². The number of aryl methyl sites for hydroxylation is 2. The van der Waals surface area contributed by atoms with Gasteiger partial charge < -0.3 is 0 Å². The second kappa shape index (κ2) is 10.3. The van der Waals surface area contributed by atoms with Crippen LogP contribution in [0.5, 0.6) is 0 Å². The van der Waals surface area contributed by atoms with E-state index >= 15 is 14.4 Å². The molecular formula is C41H30BrNO3. The lowest BCUT2D eigenvalue weighted by Crippen LogP contribution is -2.45. The Labute approximate surface area is 276 Å². The van der Waals surface area contributed by atoms with Gasteiger partial charge in [0.15, 0.2) is 5.78 Å². The molecule has 5 aromatic rings. The first-order valence-corrected chi connectivity index (χ1v) is 16.3. The molecule has 5 heteroatoms. The van der Waals surface area contributed by atoms with Gasteiger partial charge in [0.1, 0.15) is 0 Å². The molecule has 0 radical (unpaired) electrons. The molecule has 2 fully saturated rings. The van der Waals surface area contributed by atoms with Crippen molar-refractivity contribution in [3.63, 3.8) is 0 Å². The minimum Gasteiger partial charge on any atom is -0.297 e. The molecule has 8 rings (SSSR count). The van der Waals surface area contributed by atoms with Crippen molar-refractivity contribution < 1.29 is 14.4 Å². The quantitative estimate of drug-likeness (QED) is 0.178. The fourth-order valence-electron chi connectivity index (χ4n) is 8.43. The maximum atomic E-state index is 15.9. The number of Topliss-reactive ketones (excluding diaryl/α,β-unsaturated/α-hetero) is 1. The lowest BCUT2D eigenvalue weighted by molar-refractivity contribution is -0.130. The monoisotopic (exact) mass is 663 g/mol. The van der Waals surface area contributed by atoms with Crippen molar-refractivity contribution >= 4 is 50.4 Å². The van der Waals surface area contributed by atoms with E-state index in [1.165, 1.54) is 4.90 Å². The van der Waals surface area contributed by atoms with Crippen molar-refractivity contribution in [2.24, 2.45) is 11.8 Å². The van der Waals surface area contributed by atoms with Gasteiger partial charge in [-0.25, -0.2) is 4.90 Å². The van der Waals surface area contributed by atoms with Crippen LogP contribution in [0, 0.1) is 25.7 Å². The number of benzene rings is 5. The van der Waals surface area contributed by atoms with E-state index in [2.05, 4.69) is 40.2 Å². The Bertz CT molecular complexity index is 1960. The van der Waals surface area contributed by atoms with E-state index in [-0.39, 0.29) is 17.6 Å². The molecule has 1 heterocycles. The van der Waals surface area contributed by atoms with Gasteiger partial charge in [-0.3, -0.25) is 14.4 Å². The summed E-state index contributed by atoms with van der Waals surface area (Å²) in [4.78, 5) is 47.3. The molecule has 4 atom stereocenters. The van der Waals surface area contributed by atoms with Crippen LogP contribution in [0.1, 0.15) is 33.4 Å². The van der Waals surface area contributed by atoms with Gasteiger partial charge in [-0.2, -0.15) is 0 Å². The molecule has 1 aliphatic heterocycles. The van der Waals surface area contributed by atoms with E-state index in [0.29, 0.717) is 5.69 Å². The molecule has 224 valence electrons. The minimum atomic E-state index is -1.41. The summed E-state index contributed by atoms with van der Waals surface area (Å²) in [7, 11) is 0. The first kappa shape index (κ1) is 28.6. The second-order valence-electron chi connectivity index (χ2n) is 12.6. The predicted molar refractivity (Wildman–Crippen MR) is 184 cm³/mol. The third-order valence-corrected chi connectivity index (χ3v) is 10.7. The molecule has 0 aromatic heterocycles. The van der Waals surface area contributed by atoms with Crippen LogP contribution < -0.4 is 4.90 Å². The van der Waals surface area contributed by atoms with Crippen molar-refractivity contribution in [1.82, 2.24) is 0 Å². The number of nitrogens with zero attached hydrogens (tertiary/aromatic N) is 1. The topological polar surface area (TPSA) is 54.5 Å². The number of rotatable bonds is 5. The van der Waals surface area contributed by atoms with Gasteiger partial charge in [-0.15, -0.1) is 0 Å². The average Bonchev–Trinajstić information content (AvgIpc) is 3.58. The van der Waals surface area contributed by atoms with Crippen LogP contribution in [0.4, 0.5) is 5.69 Å². The number of carbonyl (C=O) groups is 3. The highest BCUT2D eigenvalue weighted by Gasteiger charge is 2.82. The SMILES string of the molecule is Cc1ccc(C2=C(c3ccc(C)cc3)[C@@]3(c4ccccc4)C(=O)[C@@]2(c2ccccc2)[C@@H]2C(=O)N(c4cccc(Br)c4)C(=O)[C@@H]23)cc1. The van der Waals surface area contributed by atoms with Crippen LogP contribution in [0.2, 0.25) is 0 Å². The van der Waals surface area contributed by atoms with Crippen molar-refractivity contribution in [1.29, 1.82) is 0 Å². The van der Waals surface area contributed by atoms with Crippen molar-refractivity contribution in [3.8, 4) is 0 Å². The maximum Gasteiger partial charge on any atom is 0.239 e. The zero-order valence-corrected chi connectivity index (χ0v) is 27.0. The summed E-state index contributed by atoms with van der Waals surface area (Å²) in [6, 6.07) is 43.0. The van der Waals surface area contributed by atoms with E-state index < -0.39 is 22.7 Å². The maximum absolute atomic E-state index is 15.9. The van der Waals surface area contributed by atoms with Gasteiger partial charge >= 0.3 is 0 Å². The van der Waals surface area contributed by atoms with Crippen LogP contribution in [0.3, 0.4) is 0 Å². The van der Waals surface area contributed by atoms with Gasteiger partial charge in [-0.05, 0) is 65.4 Å². The Morgan fingerprint density at radius 3 is 1.39 bits per heavy atom. The molecule has 0 unspecified atom stereocenters. The summed E-state index contributed by atoms with van der Waals surface area (Å²) < 4.78 is 0.760. The first-order valence-electron chi connectivity index (χ1n) is 15.5. The van der Waals surface area contributed by atoms with E-state index in [1.54, 1.807) is 12.1 Å². The van der Waals surface area contributed by atoms with Gasteiger partial charge in [0.25, 0.3) is 0 Å². The summed E-state index contributed by atoms with van der Waals surface area (Å²) in [6.07, 6.45) is 0. The Kier molecular flexibility index (Phi) is 6.42. The molecule has 1 saturated heterocycles. The molecular weight excluding hydrogens is 634 g/mol. The highest BCUT2D eigenvalue weighted by molar-refractivity contribution is 9.10. The summed E-state index contributed by atoms with van der Waals surface area (Å²) >= 11 is 3.53. The third kappa shape index (κ3) is 3.63. The number of hydrogen-bond acceptors (Lipinski definition) is 3. The number of fused-ring (bicyclic) bond motifs is 5. The lowest BCUT2D eigenvalue weighted by atomic mass is 9.59. The van der Waals surface area contributed by atoms with Crippen molar-refractivity contribution in [2.45, 2.75) is 24.7 Å². The molecule has 2 aliphatic carbocycles. The number of ketones is 1. The van der Waals surface area contributed by atoms with E-state index in [0.717, 1.165) is 49.0 Å². The Morgan fingerprint density at radius 1 is 0.543 bits per heavy atom. The second-order valence-corrected chi connectivity index (χ2v) is 13.5. The van der Waals surface area contributed by atoms with E-state index in [4.69, 9.17) is 0 Å². The van der Waals surface area contributed by atoms with Crippen molar-refractivity contribution in [3.05, 3.63) is 171 Å². The molecule has 0 N–H and O–H groups in total. The fraction of sp³-hybridized carbons (Fsp3) is 0.146. The third-order valence-electron chi connectivity index (χ3n) is 10.2. The standard InChI is InChI=1S/C41H30BrNO3/c1-25-16-20-27(21-17-25)33-34(28-22-18-26(2)19-23-28)41(30-12-7-4-8-13-30)36-35(40(33,39(41)46)29-10-5-3-6-11-29)37(44)43(38(36)45)32-15-9-14-31(42)24-32/h3-24,35-36H,1-2H3/t35-,36+,40-,41-/m1/s1.